The fraction of sp³-hybridized carbons (Fsp3) is 0.455. The third kappa shape index (κ3) is 1.68. The number of aliphatic carboxylic acids is 1. The summed E-state index contributed by atoms with van der Waals surface area (Å²) in [7, 11) is 3.07. The molecule has 0 spiro atoms. The molecule has 0 aliphatic heterocycles. The third-order valence-electron chi connectivity index (χ3n) is 2.81. The van der Waals surface area contributed by atoms with Crippen LogP contribution in [0.5, 0.6) is 11.6 Å². The summed E-state index contributed by atoms with van der Waals surface area (Å²) in [5.74, 6) is -0.0743. The zero-order valence-electron chi connectivity index (χ0n) is 9.14. The van der Waals surface area contributed by atoms with Gasteiger partial charge in [-0.1, -0.05) is 0 Å². The van der Waals surface area contributed by atoms with Crippen molar-refractivity contribution < 1.29 is 19.4 Å². The fourth-order valence-electron chi connectivity index (χ4n) is 1.91. The summed E-state index contributed by atoms with van der Waals surface area (Å²) < 4.78 is 10.3. The van der Waals surface area contributed by atoms with Crippen LogP contribution in [0.1, 0.15) is 17.9 Å². The zero-order valence-corrected chi connectivity index (χ0v) is 9.14. The van der Waals surface area contributed by atoms with E-state index in [1.54, 1.807) is 19.4 Å². The highest BCUT2D eigenvalue weighted by molar-refractivity contribution is 5.76. The highest BCUT2D eigenvalue weighted by atomic mass is 16.5. The SMILES string of the molecule is COc1ccnc(OC)c1[C@@H]1C[C@H]1C(=O)O. The average molecular weight is 223 g/mol. The van der Waals surface area contributed by atoms with Gasteiger partial charge in [-0.25, -0.2) is 4.98 Å². The van der Waals surface area contributed by atoms with Crippen molar-refractivity contribution in [1.82, 2.24) is 4.98 Å². The number of nitrogens with zero attached hydrogens (tertiary/aromatic N) is 1. The van der Waals surface area contributed by atoms with Crippen molar-refractivity contribution in [3.05, 3.63) is 17.8 Å². The van der Waals surface area contributed by atoms with Gasteiger partial charge in [-0.15, -0.1) is 0 Å². The molecule has 0 radical (unpaired) electrons. The quantitative estimate of drug-likeness (QED) is 0.832. The molecule has 0 aromatic carbocycles. The standard InChI is InChI=1S/C11H13NO4/c1-15-8-3-4-12-10(16-2)9(8)6-5-7(6)11(13)14/h3-4,6-7H,5H2,1-2H3,(H,13,14)/t6-,7-/m1/s1. The van der Waals surface area contributed by atoms with E-state index in [4.69, 9.17) is 14.6 Å². The van der Waals surface area contributed by atoms with Crippen LogP contribution in [0.15, 0.2) is 12.3 Å². The van der Waals surface area contributed by atoms with E-state index in [1.165, 1.54) is 7.11 Å². The normalized spacial score (nSPS) is 22.6. The summed E-state index contributed by atoms with van der Waals surface area (Å²) in [6.07, 6.45) is 2.20. The van der Waals surface area contributed by atoms with E-state index in [0.29, 0.717) is 18.1 Å². The van der Waals surface area contributed by atoms with Crippen LogP contribution in [0.3, 0.4) is 0 Å². The maximum absolute atomic E-state index is 10.8. The number of pyridine rings is 1. The molecule has 0 amide bonds. The molecule has 5 heteroatoms. The van der Waals surface area contributed by atoms with Crippen LogP contribution in [-0.4, -0.2) is 30.3 Å². The zero-order chi connectivity index (χ0) is 11.7. The summed E-state index contributed by atoms with van der Waals surface area (Å²) in [4.78, 5) is 14.9. The second-order valence-corrected chi connectivity index (χ2v) is 3.72. The minimum absolute atomic E-state index is 0.0453. The Labute approximate surface area is 93.0 Å². The monoisotopic (exact) mass is 223 g/mol. The lowest BCUT2D eigenvalue weighted by Gasteiger charge is -2.10. The molecule has 1 aromatic rings. The van der Waals surface area contributed by atoms with Crippen LogP contribution >= 0.6 is 0 Å². The Morgan fingerprint density at radius 1 is 1.50 bits per heavy atom. The molecule has 16 heavy (non-hydrogen) atoms. The van der Waals surface area contributed by atoms with Crippen LogP contribution < -0.4 is 9.47 Å². The van der Waals surface area contributed by atoms with Gasteiger partial charge in [0, 0.05) is 12.1 Å². The second kappa shape index (κ2) is 4.00. The van der Waals surface area contributed by atoms with Crippen molar-refractivity contribution in [3.63, 3.8) is 0 Å². The molecule has 2 rings (SSSR count). The van der Waals surface area contributed by atoms with E-state index >= 15 is 0 Å². The van der Waals surface area contributed by atoms with Crippen LogP contribution in [0.2, 0.25) is 0 Å². The molecule has 5 nitrogen and oxygen atoms in total. The first-order valence-corrected chi connectivity index (χ1v) is 4.98. The Morgan fingerprint density at radius 3 is 2.75 bits per heavy atom. The van der Waals surface area contributed by atoms with Crippen molar-refractivity contribution in [2.75, 3.05) is 14.2 Å². The van der Waals surface area contributed by atoms with E-state index in [9.17, 15) is 4.79 Å². The predicted molar refractivity (Wildman–Crippen MR) is 55.8 cm³/mol. The smallest absolute Gasteiger partial charge is 0.307 e. The third-order valence-corrected chi connectivity index (χ3v) is 2.81. The molecule has 1 fully saturated rings. The van der Waals surface area contributed by atoms with Crippen molar-refractivity contribution in [2.24, 2.45) is 5.92 Å². The molecule has 1 N–H and O–H groups in total. The number of hydrogen-bond acceptors (Lipinski definition) is 4. The van der Waals surface area contributed by atoms with Gasteiger partial charge in [-0.05, 0) is 12.5 Å². The van der Waals surface area contributed by atoms with Crippen LogP contribution in [0.4, 0.5) is 0 Å². The largest absolute Gasteiger partial charge is 0.496 e. The molecule has 1 saturated carbocycles. The maximum atomic E-state index is 10.8. The maximum Gasteiger partial charge on any atom is 0.307 e. The number of aromatic nitrogens is 1. The molecule has 0 bridgehead atoms. The lowest BCUT2D eigenvalue weighted by Crippen LogP contribution is -2.02. The molecular weight excluding hydrogens is 210 g/mol. The first-order valence-electron chi connectivity index (χ1n) is 4.98. The number of hydrogen-bond donors (Lipinski definition) is 1. The Bertz CT molecular complexity index is 396. The Hall–Kier alpha value is -1.78. The van der Waals surface area contributed by atoms with Crippen molar-refractivity contribution >= 4 is 5.97 Å². The van der Waals surface area contributed by atoms with Gasteiger partial charge in [0.2, 0.25) is 5.88 Å². The van der Waals surface area contributed by atoms with E-state index in [1.807, 2.05) is 0 Å². The number of carbonyl (C=O) groups is 1. The summed E-state index contributed by atoms with van der Waals surface area (Å²) >= 11 is 0. The minimum Gasteiger partial charge on any atom is -0.496 e. The van der Waals surface area contributed by atoms with Gasteiger partial charge < -0.3 is 14.6 Å². The topological polar surface area (TPSA) is 68.7 Å². The molecule has 0 saturated heterocycles. The van der Waals surface area contributed by atoms with Crippen LogP contribution in [0, 0.1) is 5.92 Å². The van der Waals surface area contributed by atoms with Gasteiger partial charge in [-0.3, -0.25) is 4.79 Å². The van der Waals surface area contributed by atoms with Crippen molar-refractivity contribution in [3.8, 4) is 11.6 Å². The van der Waals surface area contributed by atoms with Crippen molar-refractivity contribution in [2.45, 2.75) is 12.3 Å². The van der Waals surface area contributed by atoms with E-state index in [0.717, 1.165) is 5.56 Å². The van der Waals surface area contributed by atoms with Gasteiger partial charge in [0.05, 0.1) is 25.7 Å². The number of rotatable bonds is 4. The molecule has 1 aromatic heterocycles. The van der Waals surface area contributed by atoms with Crippen molar-refractivity contribution in [1.29, 1.82) is 0 Å². The van der Waals surface area contributed by atoms with E-state index < -0.39 is 5.97 Å². The predicted octanol–water partition coefficient (Wildman–Crippen LogP) is 1.29. The Balaban J connectivity index is 2.35. The van der Waals surface area contributed by atoms with Gasteiger partial charge >= 0.3 is 5.97 Å². The number of methoxy groups -OCH3 is 2. The van der Waals surface area contributed by atoms with Gasteiger partial charge in [0.15, 0.2) is 0 Å². The van der Waals surface area contributed by atoms with Gasteiger partial charge in [0.25, 0.3) is 0 Å². The molecule has 1 aliphatic carbocycles. The van der Waals surface area contributed by atoms with Crippen LogP contribution in [-0.2, 0) is 4.79 Å². The minimum atomic E-state index is -0.780. The highest BCUT2D eigenvalue weighted by Gasteiger charge is 2.47. The van der Waals surface area contributed by atoms with E-state index in [2.05, 4.69) is 4.98 Å². The number of carboxylic acid groups (broad SMARTS) is 1. The molecule has 0 unspecified atom stereocenters. The molecule has 86 valence electrons. The Kier molecular flexibility index (Phi) is 2.68. The molecule has 2 atom stereocenters. The van der Waals surface area contributed by atoms with Gasteiger partial charge in [-0.2, -0.15) is 0 Å². The lowest BCUT2D eigenvalue weighted by atomic mass is 10.1. The summed E-state index contributed by atoms with van der Waals surface area (Å²) in [5.41, 5.74) is 0.764. The lowest BCUT2D eigenvalue weighted by molar-refractivity contribution is -0.138. The molecular formula is C11H13NO4. The summed E-state index contributed by atoms with van der Waals surface area (Å²) in [6, 6.07) is 1.72. The molecule has 1 aliphatic rings. The summed E-state index contributed by atoms with van der Waals surface area (Å²) in [5, 5.41) is 8.91. The van der Waals surface area contributed by atoms with Gasteiger partial charge in [0.1, 0.15) is 5.75 Å². The highest BCUT2D eigenvalue weighted by Crippen LogP contribution is 2.53. The first kappa shape index (κ1) is 10.7. The number of ether oxygens (including phenoxy) is 2. The number of carboxylic acids is 1. The summed E-state index contributed by atoms with van der Waals surface area (Å²) in [6.45, 7) is 0. The fourth-order valence-corrected chi connectivity index (χ4v) is 1.91. The molecule has 1 heterocycles. The Morgan fingerprint density at radius 2 is 2.25 bits per heavy atom. The second-order valence-electron chi connectivity index (χ2n) is 3.72. The average Bonchev–Trinajstić information content (AvgIpc) is 3.07. The van der Waals surface area contributed by atoms with Crippen LogP contribution in [0.25, 0.3) is 0 Å². The van der Waals surface area contributed by atoms with E-state index in [-0.39, 0.29) is 11.8 Å². The first-order chi connectivity index (χ1) is 7.69.